The molecule has 0 atom stereocenters. The van der Waals surface area contributed by atoms with Gasteiger partial charge < -0.3 is 19.8 Å². The molecule has 0 bridgehead atoms. The van der Waals surface area contributed by atoms with E-state index >= 15 is 0 Å². The summed E-state index contributed by atoms with van der Waals surface area (Å²) in [6.07, 6.45) is 21.9. The van der Waals surface area contributed by atoms with Gasteiger partial charge in [0, 0.05) is 13.4 Å². The fraction of sp³-hybridized carbons (Fsp3) is 0.885. The summed E-state index contributed by atoms with van der Waals surface area (Å²) in [6, 6.07) is 0. The van der Waals surface area contributed by atoms with Crippen molar-refractivity contribution >= 4 is 35.8 Å². The third-order valence-corrected chi connectivity index (χ3v) is 4.82. The molecule has 0 aliphatic heterocycles. The van der Waals surface area contributed by atoms with Crippen LogP contribution < -0.4 is 10.2 Å². The maximum absolute atomic E-state index is 9.98. The van der Waals surface area contributed by atoms with Gasteiger partial charge in [0.25, 0.3) is 0 Å². The number of hydrogen-bond donors (Lipinski definition) is 0. The zero-order valence-electron chi connectivity index (χ0n) is 21.0. The summed E-state index contributed by atoms with van der Waals surface area (Å²) in [6.45, 7) is 10.4. The Morgan fingerprint density at radius 3 is 1.06 bits per heavy atom. The molecule has 0 fully saturated rings. The number of carboxylic acids is 2. The molecule has 0 spiro atoms. The average Bonchev–Trinajstić information content (AvgIpc) is 2.71. The summed E-state index contributed by atoms with van der Waals surface area (Å²) in [7, 11) is 0. The molecule has 3 radical (unpaired) electrons. The minimum atomic E-state index is -0.916. The van der Waals surface area contributed by atoms with Crippen LogP contribution in [0.1, 0.15) is 151 Å². The molecule has 4 nitrogen and oxygen atoms in total. The molecule has 0 aromatic carbocycles. The van der Waals surface area contributed by atoms with Gasteiger partial charge in [-0.1, -0.05) is 130 Å². The first-order valence-electron chi connectivity index (χ1n) is 12.6. The van der Waals surface area contributed by atoms with E-state index in [0.29, 0.717) is 0 Å². The normalized spacial score (nSPS) is 9.55. The fourth-order valence-corrected chi connectivity index (χ4v) is 2.88. The number of hydrogen-bond acceptors (Lipinski definition) is 4. The Kier molecular flexibility index (Phi) is 45.5. The third kappa shape index (κ3) is 53.2. The second kappa shape index (κ2) is 37.1. The Morgan fingerprint density at radius 2 is 0.806 bits per heavy atom. The molecule has 0 unspecified atom stereocenters. The first kappa shape index (κ1) is 38.0. The van der Waals surface area contributed by atoms with Gasteiger partial charge >= 0.3 is 23.9 Å². The Balaban J connectivity index is -0.000000112. The van der Waals surface area contributed by atoms with Crippen LogP contribution in [0.25, 0.3) is 0 Å². The molecule has 5 heteroatoms. The molecule has 0 heterocycles. The molecule has 0 aromatic heterocycles. The Labute approximate surface area is 212 Å². The van der Waals surface area contributed by atoms with Gasteiger partial charge in [-0.15, -0.1) is 0 Å². The molecule has 0 N–H and O–H groups in total. The molecular weight excluding hydrogens is 495 g/mol. The Hall–Kier alpha value is -0.261. The summed E-state index contributed by atoms with van der Waals surface area (Å²) in [5.41, 5.74) is 0. The van der Waals surface area contributed by atoms with Crippen LogP contribution in [0.2, 0.25) is 0 Å². The monoisotopic (exact) mass is 549 g/mol. The molecule has 0 saturated carbocycles. The number of carbonyl (C=O) groups is 2. The first-order chi connectivity index (χ1) is 14.5. The van der Waals surface area contributed by atoms with Crippen molar-refractivity contribution in [3.63, 3.8) is 0 Å². The summed E-state index contributed by atoms with van der Waals surface area (Å²) in [4.78, 5) is 20.0. The standard InChI is InChI=1S/2C9H18O2.C8H17.Sn.H2/c2*1-2-3-4-5-6-7-8-9(10)11;1-3-5-7-8-6-4-2;;/h2*2-8H2,1H3,(H,10,11);1,3-8H2,2H3;;1H/q;;;+2;/p-2. The molecule has 0 aromatic rings. The zero-order chi connectivity index (χ0) is 23.3. The van der Waals surface area contributed by atoms with E-state index in [2.05, 4.69) is 27.7 Å². The van der Waals surface area contributed by atoms with Crippen molar-refractivity contribution in [1.29, 1.82) is 0 Å². The van der Waals surface area contributed by atoms with Gasteiger partial charge in [0.2, 0.25) is 0 Å². The summed E-state index contributed by atoms with van der Waals surface area (Å²) in [5.74, 6) is -1.83. The van der Waals surface area contributed by atoms with Crippen LogP contribution in [0.15, 0.2) is 0 Å². The van der Waals surface area contributed by atoms with E-state index in [4.69, 9.17) is 0 Å². The third-order valence-electron chi connectivity index (χ3n) is 4.82. The topological polar surface area (TPSA) is 80.3 Å². The number of rotatable bonds is 19. The number of carbonyl (C=O) groups excluding carboxylic acids is 2. The van der Waals surface area contributed by atoms with Crippen molar-refractivity contribution in [2.75, 3.05) is 0 Å². The summed E-state index contributed by atoms with van der Waals surface area (Å²) in [5, 5.41) is 20.0. The van der Waals surface area contributed by atoms with E-state index in [-0.39, 0.29) is 38.2 Å². The van der Waals surface area contributed by atoms with E-state index in [0.717, 1.165) is 32.1 Å². The average molecular weight is 548 g/mol. The second-order valence-corrected chi connectivity index (χ2v) is 8.05. The van der Waals surface area contributed by atoms with E-state index in [1.807, 2.05) is 0 Å². The maximum Gasteiger partial charge on any atom is 2.00 e. The maximum atomic E-state index is 9.98. The minimum absolute atomic E-state index is 0. The Morgan fingerprint density at radius 1 is 0.548 bits per heavy atom. The molecule has 0 saturated heterocycles. The van der Waals surface area contributed by atoms with Crippen LogP contribution in [-0.4, -0.2) is 35.8 Å². The fourth-order valence-electron chi connectivity index (χ4n) is 2.88. The predicted octanol–water partition coefficient (Wildman–Crippen LogP) is 6.02. The first-order valence-corrected chi connectivity index (χ1v) is 12.6. The van der Waals surface area contributed by atoms with Gasteiger partial charge in [0.1, 0.15) is 0 Å². The van der Waals surface area contributed by atoms with Gasteiger partial charge in [-0.25, -0.2) is 0 Å². The SMILES string of the molecule is CCCCCCCCC(=O)[O-].CCCCCCCCC(=O)[O-].[CH2]CCCCCCC.[HH].[Sn+2]. The minimum Gasteiger partial charge on any atom is -0.550 e. The van der Waals surface area contributed by atoms with Gasteiger partial charge in [0.05, 0.1) is 0 Å². The van der Waals surface area contributed by atoms with E-state index in [1.54, 1.807) is 0 Å². The second-order valence-electron chi connectivity index (χ2n) is 8.05. The van der Waals surface area contributed by atoms with Crippen molar-refractivity contribution in [3.05, 3.63) is 6.92 Å². The van der Waals surface area contributed by atoms with Crippen LogP contribution in [0.4, 0.5) is 0 Å². The van der Waals surface area contributed by atoms with Gasteiger partial charge in [-0.05, 0) is 25.7 Å². The molecule has 0 aliphatic rings. The van der Waals surface area contributed by atoms with E-state index < -0.39 is 11.9 Å². The van der Waals surface area contributed by atoms with Crippen molar-refractivity contribution in [3.8, 4) is 0 Å². The molecule has 31 heavy (non-hydrogen) atoms. The van der Waals surface area contributed by atoms with Crippen LogP contribution >= 0.6 is 0 Å². The zero-order valence-corrected chi connectivity index (χ0v) is 23.8. The number of aliphatic carboxylic acids is 2. The van der Waals surface area contributed by atoms with Crippen molar-refractivity contribution in [2.45, 2.75) is 149 Å². The van der Waals surface area contributed by atoms with E-state index in [9.17, 15) is 19.8 Å². The molecular formula is C26H53O4Sn. The smallest absolute Gasteiger partial charge is 0.550 e. The van der Waals surface area contributed by atoms with E-state index in [1.165, 1.54) is 83.5 Å². The Bertz CT molecular complexity index is 310. The summed E-state index contributed by atoms with van der Waals surface area (Å²) < 4.78 is 0. The number of unbranched alkanes of at least 4 members (excludes halogenated alkanes) is 15. The quantitative estimate of drug-likeness (QED) is 0.146. The van der Waals surface area contributed by atoms with Crippen LogP contribution in [0.5, 0.6) is 0 Å². The van der Waals surface area contributed by atoms with Crippen molar-refractivity contribution in [1.82, 2.24) is 0 Å². The molecule has 0 aliphatic carbocycles. The molecule has 0 amide bonds. The summed E-state index contributed by atoms with van der Waals surface area (Å²) >= 11 is 0. The molecule has 0 rings (SSSR count). The van der Waals surface area contributed by atoms with Crippen LogP contribution in [0.3, 0.4) is 0 Å². The van der Waals surface area contributed by atoms with Crippen molar-refractivity contribution < 1.29 is 21.2 Å². The van der Waals surface area contributed by atoms with Crippen LogP contribution in [0, 0.1) is 6.92 Å². The molecule has 185 valence electrons. The number of carboxylic acid groups (broad SMARTS) is 2. The predicted molar refractivity (Wildman–Crippen MR) is 133 cm³/mol. The largest absolute Gasteiger partial charge is 2.00 e. The van der Waals surface area contributed by atoms with Crippen molar-refractivity contribution in [2.24, 2.45) is 0 Å². The van der Waals surface area contributed by atoms with Gasteiger partial charge in [-0.2, -0.15) is 0 Å². The van der Waals surface area contributed by atoms with Crippen LogP contribution in [-0.2, 0) is 9.59 Å². The van der Waals surface area contributed by atoms with Gasteiger partial charge in [0.15, 0.2) is 0 Å². The van der Waals surface area contributed by atoms with Gasteiger partial charge in [-0.3, -0.25) is 0 Å².